The highest BCUT2D eigenvalue weighted by atomic mass is 19.4. The van der Waals surface area contributed by atoms with Crippen molar-refractivity contribution in [3.8, 4) is 0 Å². The molecule has 0 heterocycles. The van der Waals surface area contributed by atoms with Gasteiger partial charge in [-0.05, 0) is 35.4 Å². The molecule has 5 heteroatoms. The zero-order chi connectivity index (χ0) is 14.0. The van der Waals surface area contributed by atoms with Gasteiger partial charge in [0.2, 0.25) is 0 Å². The second-order valence-electron chi connectivity index (χ2n) is 4.18. The molecule has 100 valence electrons. The standard InChI is InChI=1S/C14H11F4N/c15-12-4-2-1-3-9(12)7-10-8-11(14(16,17)18)5-6-13(10)19/h1-6,8H,7,19H2. The third-order valence-electron chi connectivity index (χ3n) is 2.81. The molecule has 0 atom stereocenters. The van der Waals surface area contributed by atoms with Crippen molar-refractivity contribution in [3.63, 3.8) is 0 Å². The average molecular weight is 269 g/mol. The fraction of sp³-hybridized carbons (Fsp3) is 0.143. The molecule has 0 fully saturated rings. The van der Waals surface area contributed by atoms with Gasteiger partial charge in [0.1, 0.15) is 5.82 Å². The van der Waals surface area contributed by atoms with Crippen molar-refractivity contribution in [2.24, 2.45) is 0 Å². The summed E-state index contributed by atoms with van der Waals surface area (Å²) in [4.78, 5) is 0. The first-order valence-electron chi connectivity index (χ1n) is 5.57. The summed E-state index contributed by atoms with van der Waals surface area (Å²) in [6, 6.07) is 9.01. The van der Waals surface area contributed by atoms with Crippen LogP contribution in [0.5, 0.6) is 0 Å². The van der Waals surface area contributed by atoms with Crippen molar-refractivity contribution < 1.29 is 17.6 Å². The molecule has 2 aromatic rings. The summed E-state index contributed by atoms with van der Waals surface area (Å²) in [5.41, 5.74) is 5.65. The molecule has 2 rings (SSSR count). The van der Waals surface area contributed by atoms with Crippen LogP contribution in [-0.2, 0) is 12.6 Å². The van der Waals surface area contributed by atoms with Crippen LogP contribution in [0.3, 0.4) is 0 Å². The Bertz CT molecular complexity index is 590. The summed E-state index contributed by atoms with van der Waals surface area (Å²) < 4.78 is 51.3. The number of halogens is 4. The minimum Gasteiger partial charge on any atom is -0.398 e. The molecule has 0 spiro atoms. The smallest absolute Gasteiger partial charge is 0.398 e. The molecule has 0 radical (unpaired) electrons. The lowest BCUT2D eigenvalue weighted by Gasteiger charge is -2.11. The van der Waals surface area contributed by atoms with Crippen LogP contribution >= 0.6 is 0 Å². The van der Waals surface area contributed by atoms with Gasteiger partial charge in [0.25, 0.3) is 0 Å². The van der Waals surface area contributed by atoms with Crippen LogP contribution in [0, 0.1) is 5.82 Å². The highest BCUT2D eigenvalue weighted by Gasteiger charge is 2.30. The summed E-state index contributed by atoms with van der Waals surface area (Å²) >= 11 is 0. The van der Waals surface area contributed by atoms with Gasteiger partial charge in [-0.1, -0.05) is 18.2 Å². The van der Waals surface area contributed by atoms with E-state index in [0.717, 1.165) is 12.1 Å². The van der Waals surface area contributed by atoms with Crippen molar-refractivity contribution in [1.29, 1.82) is 0 Å². The normalized spacial score (nSPS) is 11.6. The molecule has 0 aliphatic carbocycles. The molecule has 0 aromatic heterocycles. The maximum Gasteiger partial charge on any atom is 0.416 e. The van der Waals surface area contributed by atoms with Crippen molar-refractivity contribution >= 4 is 5.69 Å². The van der Waals surface area contributed by atoms with Gasteiger partial charge in [0.05, 0.1) is 5.56 Å². The molecule has 0 aliphatic rings. The van der Waals surface area contributed by atoms with Crippen LogP contribution in [0.15, 0.2) is 42.5 Å². The monoisotopic (exact) mass is 269 g/mol. The maximum absolute atomic E-state index is 13.5. The lowest BCUT2D eigenvalue weighted by atomic mass is 10.0. The summed E-state index contributed by atoms with van der Waals surface area (Å²) in [5.74, 6) is -0.459. The zero-order valence-corrected chi connectivity index (χ0v) is 9.84. The zero-order valence-electron chi connectivity index (χ0n) is 9.84. The van der Waals surface area contributed by atoms with Crippen molar-refractivity contribution in [3.05, 3.63) is 65.0 Å². The first-order valence-corrected chi connectivity index (χ1v) is 5.57. The van der Waals surface area contributed by atoms with Gasteiger partial charge in [-0.25, -0.2) is 4.39 Å². The first-order chi connectivity index (χ1) is 8.88. The van der Waals surface area contributed by atoms with E-state index >= 15 is 0 Å². The quantitative estimate of drug-likeness (QED) is 0.646. The number of alkyl halides is 3. The van der Waals surface area contributed by atoms with E-state index in [9.17, 15) is 17.6 Å². The molecule has 2 N–H and O–H groups in total. The molecular weight excluding hydrogens is 258 g/mol. The van der Waals surface area contributed by atoms with Crippen molar-refractivity contribution in [2.45, 2.75) is 12.6 Å². The van der Waals surface area contributed by atoms with Gasteiger partial charge in [-0.3, -0.25) is 0 Å². The number of rotatable bonds is 2. The minimum absolute atomic E-state index is 0.0302. The Morgan fingerprint density at radius 2 is 1.63 bits per heavy atom. The van der Waals surface area contributed by atoms with E-state index in [0.29, 0.717) is 5.56 Å². The summed E-state index contributed by atoms with van der Waals surface area (Å²) in [6.07, 6.45) is -4.40. The lowest BCUT2D eigenvalue weighted by molar-refractivity contribution is -0.137. The molecule has 0 unspecified atom stereocenters. The Hall–Kier alpha value is -2.04. The Morgan fingerprint density at radius 3 is 2.26 bits per heavy atom. The minimum atomic E-state index is -4.43. The molecule has 0 amide bonds. The molecular formula is C14H11F4N. The Labute approximate surface area is 107 Å². The average Bonchev–Trinajstić information content (AvgIpc) is 2.33. The van der Waals surface area contributed by atoms with Crippen molar-refractivity contribution in [2.75, 3.05) is 5.73 Å². The van der Waals surface area contributed by atoms with Crippen LogP contribution in [0.1, 0.15) is 16.7 Å². The fourth-order valence-electron chi connectivity index (χ4n) is 1.78. The highest BCUT2D eigenvalue weighted by molar-refractivity contribution is 5.51. The Morgan fingerprint density at radius 1 is 0.947 bits per heavy atom. The maximum atomic E-state index is 13.5. The van der Waals surface area contributed by atoms with E-state index in [1.807, 2.05) is 0 Å². The molecule has 19 heavy (non-hydrogen) atoms. The molecule has 1 nitrogen and oxygen atoms in total. The van der Waals surface area contributed by atoms with Gasteiger partial charge < -0.3 is 5.73 Å². The van der Waals surface area contributed by atoms with Gasteiger partial charge >= 0.3 is 6.18 Å². The van der Waals surface area contributed by atoms with Crippen LogP contribution in [0.25, 0.3) is 0 Å². The summed E-state index contributed by atoms with van der Waals surface area (Å²) in [6.45, 7) is 0. The Kier molecular flexibility index (Phi) is 3.46. The SMILES string of the molecule is Nc1ccc(C(F)(F)F)cc1Cc1ccccc1F. The number of hydrogen-bond acceptors (Lipinski definition) is 1. The van der Waals surface area contributed by atoms with Crippen LogP contribution in [0.2, 0.25) is 0 Å². The number of nitrogens with two attached hydrogens (primary N) is 1. The van der Waals surface area contributed by atoms with E-state index in [1.54, 1.807) is 6.07 Å². The molecule has 0 saturated heterocycles. The van der Waals surface area contributed by atoms with Crippen LogP contribution in [-0.4, -0.2) is 0 Å². The van der Waals surface area contributed by atoms with E-state index in [4.69, 9.17) is 5.73 Å². The number of hydrogen-bond donors (Lipinski definition) is 1. The Balaban J connectivity index is 2.38. The van der Waals surface area contributed by atoms with Gasteiger partial charge in [-0.2, -0.15) is 13.2 Å². The number of benzene rings is 2. The summed E-state index contributed by atoms with van der Waals surface area (Å²) in [5, 5.41) is 0. The van der Waals surface area contributed by atoms with E-state index in [1.165, 1.54) is 24.3 Å². The second kappa shape index (κ2) is 4.91. The number of nitrogen functional groups attached to an aromatic ring is 1. The van der Waals surface area contributed by atoms with Gasteiger partial charge in [-0.15, -0.1) is 0 Å². The van der Waals surface area contributed by atoms with Gasteiger partial charge in [0.15, 0.2) is 0 Å². The van der Waals surface area contributed by atoms with Gasteiger partial charge in [0, 0.05) is 12.1 Å². The van der Waals surface area contributed by atoms with Crippen molar-refractivity contribution in [1.82, 2.24) is 0 Å². The lowest BCUT2D eigenvalue weighted by Crippen LogP contribution is -2.07. The topological polar surface area (TPSA) is 26.0 Å². The summed E-state index contributed by atoms with van der Waals surface area (Å²) in [7, 11) is 0. The van der Waals surface area contributed by atoms with E-state index in [-0.39, 0.29) is 17.7 Å². The molecule has 0 saturated carbocycles. The van der Waals surface area contributed by atoms with Crippen LogP contribution in [0.4, 0.5) is 23.2 Å². The second-order valence-corrected chi connectivity index (χ2v) is 4.18. The highest BCUT2D eigenvalue weighted by Crippen LogP contribution is 2.32. The molecule has 0 bridgehead atoms. The fourth-order valence-corrected chi connectivity index (χ4v) is 1.78. The van der Waals surface area contributed by atoms with Crippen LogP contribution < -0.4 is 5.73 Å². The predicted octanol–water partition coefficient (Wildman–Crippen LogP) is 4.02. The largest absolute Gasteiger partial charge is 0.416 e. The molecule has 0 aliphatic heterocycles. The van der Waals surface area contributed by atoms with E-state index < -0.39 is 17.6 Å². The molecule has 2 aromatic carbocycles. The predicted molar refractivity (Wildman–Crippen MR) is 65.1 cm³/mol. The third-order valence-corrected chi connectivity index (χ3v) is 2.81. The first kappa shape index (κ1) is 13.4. The number of anilines is 1. The van der Waals surface area contributed by atoms with E-state index in [2.05, 4.69) is 0 Å². The third kappa shape index (κ3) is 3.05.